The van der Waals surface area contributed by atoms with Gasteiger partial charge in [0.15, 0.2) is 0 Å². The summed E-state index contributed by atoms with van der Waals surface area (Å²) in [5.41, 5.74) is 5.20. The Morgan fingerprint density at radius 1 is 1.33 bits per heavy atom. The lowest BCUT2D eigenvalue weighted by molar-refractivity contribution is -0.218. The predicted octanol–water partition coefficient (Wildman–Crippen LogP) is -4.12. The van der Waals surface area contributed by atoms with Crippen LogP contribution in [0.4, 0.5) is 0 Å². The number of aliphatic imine (C=N–C) groups is 1. The average Bonchev–Trinajstić information content (AvgIpc) is 3.02. The van der Waals surface area contributed by atoms with E-state index in [9.17, 15) is 24.3 Å². The lowest BCUT2D eigenvalue weighted by atomic mass is 10.1. The van der Waals surface area contributed by atoms with E-state index in [0.29, 0.717) is 5.69 Å². The molecule has 0 aliphatic rings. The molecule has 130 valence electrons. The Morgan fingerprint density at radius 3 is 2.58 bits per heavy atom. The van der Waals surface area contributed by atoms with Crippen LogP contribution in [-0.2, 0) is 25.6 Å². The van der Waals surface area contributed by atoms with Crippen LogP contribution in [0.15, 0.2) is 17.5 Å². The molecule has 0 saturated heterocycles. The molecular weight excluding hydrogens is 324 g/mol. The smallest absolute Gasteiger partial charge is 0.322 e. The number of amides is 3. The number of carboxylic acids is 1. The Hall–Kier alpha value is -3.44. The van der Waals surface area contributed by atoms with Gasteiger partial charge in [0.1, 0.15) is 12.6 Å². The summed E-state index contributed by atoms with van der Waals surface area (Å²) >= 11 is 0. The molecule has 1 heterocycles. The molecule has 0 aliphatic carbocycles. The zero-order chi connectivity index (χ0) is 18.1. The number of nitrogens with one attached hydrogen (secondary N) is 3. The third-order valence-electron chi connectivity index (χ3n) is 2.61. The van der Waals surface area contributed by atoms with Gasteiger partial charge in [0, 0.05) is 24.9 Å². The number of aliphatic carboxylic acids is 1. The van der Waals surface area contributed by atoms with E-state index in [1.54, 1.807) is 0 Å². The summed E-state index contributed by atoms with van der Waals surface area (Å²) in [4.78, 5) is 54.0. The first-order valence-electron chi connectivity index (χ1n) is 6.57. The number of primary amides is 1. The van der Waals surface area contributed by atoms with Crippen molar-refractivity contribution in [3.05, 3.63) is 18.2 Å². The second-order valence-electron chi connectivity index (χ2n) is 4.48. The van der Waals surface area contributed by atoms with E-state index in [1.165, 1.54) is 12.5 Å². The van der Waals surface area contributed by atoms with Crippen molar-refractivity contribution in [3.8, 4) is 0 Å². The number of aromatic nitrogens is 2. The Bertz CT molecular complexity index is 640. The highest BCUT2D eigenvalue weighted by Gasteiger charge is 2.19. The van der Waals surface area contributed by atoms with Crippen LogP contribution >= 0.6 is 0 Å². The van der Waals surface area contributed by atoms with E-state index in [0.717, 1.165) is 0 Å². The Kier molecular flexibility index (Phi) is 6.88. The van der Waals surface area contributed by atoms with Gasteiger partial charge < -0.3 is 31.6 Å². The number of rotatable bonds is 8. The van der Waals surface area contributed by atoms with Crippen LogP contribution in [0.5, 0.6) is 0 Å². The SMILES string of the molecule is NC(=O)C(=O)NCC([O-])=NC(Cc1cnc[nH]1)C(=O)NCC(=O)O. The first-order valence-corrected chi connectivity index (χ1v) is 6.57. The monoisotopic (exact) mass is 339 g/mol. The van der Waals surface area contributed by atoms with Gasteiger partial charge in [-0.2, -0.15) is 0 Å². The zero-order valence-corrected chi connectivity index (χ0v) is 12.3. The van der Waals surface area contributed by atoms with Gasteiger partial charge in [-0.15, -0.1) is 0 Å². The van der Waals surface area contributed by atoms with Crippen molar-refractivity contribution in [2.75, 3.05) is 13.1 Å². The predicted molar refractivity (Wildman–Crippen MR) is 76.4 cm³/mol. The molecule has 0 bridgehead atoms. The fourth-order valence-electron chi connectivity index (χ4n) is 1.54. The molecule has 0 aromatic carbocycles. The molecule has 3 amide bonds. The first kappa shape index (κ1) is 18.6. The number of carboxylic acid groups (broad SMARTS) is 1. The third kappa shape index (κ3) is 6.55. The number of carbonyl (C=O) groups is 4. The molecule has 1 atom stereocenters. The molecule has 0 saturated carbocycles. The minimum Gasteiger partial charge on any atom is -0.861 e. The lowest BCUT2D eigenvalue weighted by Crippen LogP contribution is -2.44. The molecule has 0 fully saturated rings. The van der Waals surface area contributed by atoms with E-state index in [4.69, 9.17) is 10.8 Å². The van der Waals surface area contributed by atoms with Gasteiger partial charge in [-0.05, 0) is 5.90 Å². The van der Waals surface area contributed by atoms with Crippen LogP contribution in [0.25, 0.3) is 0 Å². The van der Waals surface area contributed by atoms with Crippen LogP contribution in [-0.4, -0.2) is 63.8 Å². The molecule has 24 heavy (non-hydrogen) atoms. The first-order chi connectivity index (χ1) is 11.3. The van der Waals surface area contributed by atoms with Crippen molar-refractivity contribution in [2.45, 2.75) is 12.5 Å². The molecule has 1 aromatic heterocycles. The molecule has 12 nitrogen and oxygen atoms in total. The van der Waals surface area contributed by atoms with Gasteiger partial charge in [0.25, 0.3) is 0 Å². The van der Waals surface area contributed by atoms with Crippen molar-refractivity contribution in [2.24, 2.45) is 10.7 Å². The van der Waals surface area contributed by atoms with Crippen LogP contribution in [0.3, 0.4) is 0 Å². The maximum Gasteiger partial charge on any atom is 0.322 e. The van der Waals surface area contributed by atoms with Gasteiger partial charge in [0.2, 0.25) is 5.91 Å². The number of hydrogen-bond acceptors (Lipinski definition) is 7. The van der Waals surface area contributed by atoms with Crippen molar-refractivity contribution in [1.29, 1.82) is 0 Å². The summed E-state index contributed by atoms with van der Waals surface area (Å²) in [5, 5.41) is 24.3. The molecule has 12 heteroatoms. The largest absolute Gasteiger partial charge is 0.861 e. The summed E-state index contributed by atoms with van der Waals surface area (Å²) in [6, 6.07) is -1.23. The average molecular weight is 339 g/mol. The lowest BCUT2D eigenvalue weighted by Gasteiger charge is -2.17. The number of carbonyl (C=O) groups excluding carboxylic acids is 3. The number of aromatic amines is 1. The Labute approximate surface area is 135 Å². The summed E-state index contributed by atoms with van der Waals surface area (Å²) in [6.45, 7) is -1.27. The molecule has 1 aromatic rings. The van der Waals surface area contributed by atoms with Gasteiger partial charge in [-0.25, -0.2) is 4.98 Å². The van der Waals surface area contributed by atoms with Crippen LogP contribution in [0.2, 0.25) is 0 Å². The summed E-state index contributed by atoms with van der Waals surface area (Å²) < 4.78 is 0. The van der Waals surface area contributed by atoms with Crippen molar-refractivity contribution < 1.29 is 29.4 Å². The molecule has 6 N–H and O–H groups in total. The minimum absolute atomic E-state index is 0.0407. The molecule has 0 radical (unpaired) electrons. The van der Waals surface area contributed by atoms with Crippen LogP contribution in [0.1, 0.15) is 5.69 Å². The standard InChI is InChI=1S/C12H16N6O6/c13-10(22)12(24)15-3-8(19)18-7(1-6-2-14-5-17-6)11(23)16-4-9(20)21/h2,5,7H,1,3-4H2,(H2,13,22)(H,14,17)(H,15,24)(H,16,23)(H,18,19)(H,20,21)/p-1. The molecule has 0 spiro atoms. The van der Waals surface area contributed by atoms with Crippen molar-refractivity contribution in [1.82, 2.24) is 20.6 Å². The second-order valence-corrected chi connectivity index (χ2v) is 4.48. The molecule has 1 rings (SSSR count). The maximum atomic E-state index is 11.9. The normalized spacial score (nSPS) is 12.2. The highest BCUT2D eigenvalue weighted by molar-refractivity contribution is 6.34. The number of nitrogens with zero attached hydrogens (tertiary/aromatic N) is 2. The topological polar surface area (TPSA) is 203 Å². The third-order valence-corrected chi connectivity index (χ3v) is 2.61. The summed E-state index contributed by atoms with van der Waals surface area (Å²) in [5.74, 6) is -5.38. The fourth-order valence-corrected chi connectivity index (χ4v) is 1.54. The van der Waals surface area contributed by atoms with E-state index >= 15 is 0 Å². The fraction of sp³-hybridized carbons (Fsp3) is 0.333. The highest BCUT2D eigenvalue weighted by Crippen LogP contribution is 2.03. The van der Waals surface area contributed by atoms with Crippen LogP contribution in [0, 0.1) is 0 Å². The summed E-state index contributed by atoms with van der Waals surface area (Å²) in [6.07, 6.45) is 2.73. The maximum absolute atomic E-state index is 11.9. The Balaban J connectivity index is 2.77. The number of hydrogen-bond donors (Lipinski definition) is 5. The minimum atomic E-state index is -1.27. The van der Waals surface area contributed by atoms with Gasteiger partial charge >= 0.3 is 17.8 Å². The van der Waals surface area contributed by atoms with E-state index in [-0.39, 0.29) is 6.42 Å². The molecule has 1 unspecified atom stereocenters. The Morgan fingerprint density at radius 2 is 2.04 bits per heavy atom. The zero-order valence-electron chi connectivity index (χ0n) is 12.3. The van der Waals surface area contributed by atoms with Gasteiger partial charge in [-0.1, -0.05) is 0 Å². The quantitative estimate of drug-likeness (QED) is 0.180. The molecule has 0 aliphatic heterocycles. The van der Waals surface area contributed by atoms with Crippen molar-refractivity contribution in [3.63, 3.8) is 0 Å². The van der Waals surface area contributed by atoms with E-state index < -0.39 is 48.7 Å². The van der Waals surface area contributed by atoms with Crippen molar-refractivity contribution >= 4 is 29.6 Å². The summed E-state index contributed by atoms with van der Waals surface area (Å²) in [7, 11) is 0. The van der Waals surface area contributed by atoms with E-state index in [2.05, 4.69) is 20.3 Å². The van der Waals surface area contributed by atoms with E-state index in [1.807, 2.05) is 5.32 Å². The second kappa shape index (κ2) is 8.87. The highest BCUT2D eigenvalue weighted by atomic mass is 16.4. The van der Waals surface area contributed by atoms with Gasteiger partial charge in [0.05, 0.1) is 6.33 Å². The molecular formula is C12H15N6O6-. The number of H-pyrrole nitrogens is 1. The van der Waals surface area contributed by atoms with Crippen LogP contribution < -0.4 is 21.5 Å². The van der Waals surface area contributed by atoms with Gasteiger partial charge in [-0.3, -0.25) is 24.2 Å². The number of nitrogens with two attached hydrogens (primary N) is 1. The number of imidazole rings is 1.